The highest BCUT2D eigenvalue weighted by molar-refractivity contribution is 7.98. The van der Waals surface area contributed by atoms with Gasteiger partial charge in [-0.2, -0.15) is 11.8 Å². The van der Waals surface area contributed by atoms with Crippen LogP contribution in [0.1, 0.15) is 12.8 Å². The quantitative estimate of drug-likeness (QED) is 0.633. The zero-order chi connectivity index (χ0) is 7.94. The van der Waals surface area contributed by atoms with E-state index in [1.165, 1.54) is 19.4 Å². The highest BCUT2D eigenvalue weighted by Crippen LogP contribution is 2.04. The van der Waals surface area contributed by atoms with Crippen molar-refractivity contribution in [2.24, 2.45) is 0 Å². The van der Waals surface area contributed by atoms with Gasteiger partial charge in [-0.25, -0.2) is 0 Å². The molecule has 0 aromatic rings. The molecule has 0 aromatic carbocycles. The Hall–Kier alpha value is 0.270. The van der Waals surface area contributed by atoms with Crippen LogP contribution in [0.25, 0.3) is 0 Å². The van der Waals surface area contributed by atoms with Crippen molar-refractivity contribution in [2.75, 3.05) is 31.8 Å². The highest BCUT2D eigenvalue weighted by Gasteiger charge is 2.12. The van der Waals surface area contributed by atoms with E-state index in [0.29, 0.717) is 6.04 Å². The molecule has 0 saturated carbocycles. The molecule has 1 fully saturated rings. The predicted octanol–water partition coefficient (Wildman–Crippen LogP) is 1.12. The lowest BCUT2D eigenvalue weighted by Gasteiger charge is -2.09. The molecular weight excluding hydrogens is 158 g/mol. The van der Waals surface area contributed by atoms with E-state index in [2.05, 4.69) is 11.6 Å². The number of ether oxygens (including phenoxy) is 1. The summed E-state index contributed by atoms with van der Waals surface area (Å²) in [5.74, 6) is 1.12. The normalized spacial score (nSPS) is 24.3. The zero-order valence-electron chi connectivity index (χ0n) is 7.14. The van der Waals surface area contributed by atoms with Crippen LogP contribution in [0.3, 0.4) is 0 Å². The fraction of sp³-hybridized carbons (Fsp3) is 1.00. The van der Waals surface area contributed by atoms with Crippen molar-refractivity contribution in [3.63, 3.8) is 0 Å². The maximum Gasteiger partial charge on any atom is 0.0620 e. The van der Waals surface area contributed by atoms with Crippen molar-refractivity contribution in [1.82, 2.24) is 5.32 Å². The molecule has 0 radical (unpaired) electrons. The average molecular weight is 175 g/mol. The van der Waals surface area contributed by atoms with Gasteiger partial charge < -0.3 is 10.1 Å². The molecule has 1 unspecified atom stereocenters. The second-order valence-corrected chi connectivity index (χ2v) is 3.85. The molecule has 2 nitrogen and oxygen atoms in total. The summed E-state index contributed by atoms with van der Waals surface area (Å²) < 4.78 is 5.47. The Labute approximate surface area is 73.1 Å². The van der Waals surface area contributed by atoms with E-state index in [-0.39, 0.29) is 0 Å². The molecule has 0 aliphatic carbocycles. The highest BCUT2D eigenvalue weighted by atomic mass is 32.2. The Bertz CT molecular complexity index is 94.1. The summed E-state index contributed by atoms with van der Waals surface area (Å²) in [4.78, 5) is 0. The van der Waals surface area contributed by atoms with Gasteiger partial charge in [-0.1, -0.05) is 0 Å². The first kappa shape index (κ1) is 9.36. The summed E-state index contributed by atoms with van der Waals surface area (Å²) in [6, 6.07) is 0.636. The van der Waals surface area contributed by atoms with Crippen molar-refractivity contribution in [1.29, 1.82) is 0 Å². The van der Waals surface area contributed by atoms with Crippen LogP contribution in [0.15, 0.2) is 0 Å². The van der Waals surface area contributed by atoms with Gasteiger partial charge in [0.25, 0.3) is 0 Å². The Morgan fingerprint density at radius 3 is 3.18 bits per heavy atom. The van der Waals surface area contributed by atoms with Crippen LogP contribution in [-0.4, -0.2) is 37.8 Å². The smallest absolute Gasteiger partial charge is 0.0620 e. The van der Waals surface area contributed by atoms with E-state index in [1.54, 1.807) is 0 Å². The molecular formula is C8H17NOS. The molecule has 11 heavy (non-hydrogen) atoms. The summed E-state index contributed by atoms with van der Waals surface area (Å²) in [5, 5.41) is 3.40. The van der Waals surface area contributed by atoms with Crippen molar-refractivity contribution >= 4 is 11.8 Å². The number of rotatable bonds is 5. The molecule has 1 aliphatic rings. The van der Waals surface area contributed by atoms with E-state index in [1.807, 2.05) is 11.8 Å². The number of hydrogen-bond donors (Lipinski definition) is 1. The second kappa shape index (κ2) is 5.86. The van der Waals surface area contributed by atoms with E-state index >= 15 is 0 Å². The van der Waals surface area contributed by atoms with Crippen LogP contribution in [0, 0.1) is 0 Å². The van der Waals surface area contributed by atoms with Crippen LogP contribution in [0.4, 0.5) is 0 Å². The molecule has 0 spiro atoms. The average Bonchev–Trinajstić information content (AvgIpc) is 2.50. The van der Waals surface area contributed by atoms with Gasteiger partial charge in [-0.05, 0) is 25.6 Å². The second-order valence-electron chi connectivity index (χ2n) is 2.86. The molecule has 1 saturated heterocycles. The van der Waals surface area contributed by atoms with E-state index in [0.717, 1.165) is 19.0 Å². The molecule has 0 bridgehead atoms. The van der Waals surface area contributed by atoms with Crippen LogP contribution >= 0.6 is 11.8 Å². The molecule has 3 heteroatoms. The molecule has 1 aliphatic heterocycles. The fourth-order valence-electron chi connectivity index (χ4n) is 1.27. The number of nitrogens with one attached hydrogen (secondary N) is 1. The lowest BCUT2D eigenvalue weighted by atomic mass is 10.2. The summed E-state index contributed by atoms with van der Waals surface area (Å²) >= 11 is 1.84. The fourth-order valence-corrected chi connectivity index (χ4v) is 1.55. The monoisotopic (exact) mass is 175 g/mol. The van der Waals surface area contributed by atoms with Crippen molar-refractivity contribution in [2.45, 2.75) is 18.9 Å². The SMILES string of the molecule is CSCCOCC1CCCN1. The van der Waals surface area contributed by atoms with Gasteiger partial charge in [-0.15, -0.1) is 0 Å². The summed E-state index contributed by atoms with van der Waals surface area (Å²) in [5.41, 5.74) is 0. The third-order valence-corrected chi connectivity index (χ3v) is 2.49. The first-order valence-electron chi connectivity index (χ1n) is 4.23. The van der Waals surface area contributed by atoms with Gasteiger partial charge in [0.05, 0.1) is 13.2 Å². The van der Waals surface area contributed by atoms with E-state index < -0.39 is 0 Å². The third kappa shape index (κ3) is 3.99. The summed E-state index contributed by atoms with van der Waals surface area (Å²) in [7, 11) is 0. The van der Waals surface area contributed by atoms with Gasteiger partial charge in [-0.3, -0.25) is 0 Å². The van der Waals surface area contributed by atoms with Crippen molar-refractivity contribution in [3.05, 3.63) is 0 Å². The topological polar surface area (TPSA) is 21.3 Å². The van der Waals surface area contributed by atoms with Gasteiger partial charge in [0, 0.05) is 11.8 Å². The Morgan fingerprint density at radius 2 is 2.55 bits per heavy atom. The minimum Gasteiger partial charge on any atom is -0.379 e. The third-order valence-electron chi connectivity index (χ3n) is 1.91. The summed E-state index contributed by atoms with van der Waals surface area (Å²) in [6.07, 6.45) is 4.72. The molecule has 0 aromatic heterocycles. The minimum absolute atomic E-state index is 0.636. The Morgan fingerprint density at radius 1 is 1.64 bits per heavy atom. The molecule has 1 N–H and O–H groups in total. The first-order valence-corrected chi connectivity index (χ1v) is 5.63. The first-order chi connectivity index (χ1) is 5.43. The largest absolute Gasteiger partial charge is 0.379 e. The van der Waals surface area contributed by atoms with Gasteiger partial charge >= 0.3 is 0 Å². The van der Waals surface area contributed by atoms with Gasteiger partial charge in [0.2, 0.25) is 0 Å². The standard InChI is InChI=1S/C8H17NOS/c1-11-6-5-10-7-8-3-2-4-9-8/h8-9H,2-7H2,1H3. The zero-order valence-corrected chi connectivity index (χ0v) is 7.95. The van der Waals surface area contributed by atoms with E-state index in [9.17, 15) is 0 Å². The van der Waals surface area contributed by atoms with Gasteiger partial charge in [0.1, 0.15) is 0 Å². The number of thioether (sulfide) groups is 1. The maximum atomic E-state index is 5.47. The molecule has 0 amide bonds. The summed E-state index contributed by atoms with van der Waals surface area (Å²) in [6.45, 7) is 2.98. The van der Waals surface area contributed by atoms with Gasteiger partial charge in [0.15, 0.2) is 0 Å². The van der Waals surface area contributed by atoms with Crippen LogP contribution in [0.2, 0.25) is 0 Å². The molecule has 1 heterocycles. The maximum absolute atomic E-state index is 5.47. The predicted molar refractivity (Wildman–Crippen MR) is 50.2 cm³/mol. The van der Waals surface area contributed by atoms with Crippen LogP contribution < -0.4 is 5.32 Å². The van der Waals surface area contributed by atoms with Crippen molar-refractivity contribution < 1.29 is 4.74 Å². The Kier molecular flexibility index (Phi) is 4.99. The lowest BCUT2D eigenvalue weighted by molar-refractivity contribution is 0.130. The van der Waals surface area contributed by atoms with Crippen molar-refractivity contribution in [3.8, 4) is 0 Å². The lowest BCUT2D eigenvalue weighted by Crippen LogP contribution is -2.27. The minimum atomic E-state index is 0.636. The Balaban J connectivity index is 1.86. The van der Waals surface area contributed by atoms with E-state index in [4.69, 9.17) is 4.74 Å². The van der Waals surface area contributed by atoms with Crippen LogP contribution in [0.5, 0.6) is 0 Å². The molecule has 1 rings (SSSR count). The van der Waals surface area contributed by atoms with Crippen LogP contribution in [-0.2, 0) is 4.74 Å². The number of hydrogen-bond acceptors (Lipinski definition) is 3. The molecule has 66 valence electrons. The molecule has 1 atom stereocenters.